The molecule has 0 fully saturated rings. The van der Waals surface area contributed by atoms with Crippen LogP contribution in [0.3, 0.4) is 0 Å². The highest BCUT2D eigenvalue weighted by Crippen LogP contribution is 2.28. The maximum atomic E-state index is 11.2. The second-order valence-corrected chi connectivity index (χ2v) is 5.90. The second kappa shape index (κ2) is 8.42. The van der Waals surface area contributed by atoms with Gasteiger partial charge in [-0.25, -0.2) is 0 Å². The Bertz CT molecular complexity index is 454. The first-order valence-electron chi connectivity index (χ1n) is 6.08. The topological polar surface area (TPSA) is 52.6 Å². The van der Waals surface area contributed by atoms with Crippen molar-refractivity contribution in [3.63, 3.8) is 0 Å². The average molecular weight is 408 g/mol. The van der Waals surface area contributed by atoms with Gasteiger partial charge in [0.15, 0.2) is 0 Å². The number of halogens is 2. The highest BCUT2D eigenvalue weighted by molar-refractivity contribution is 9.11. The molecule has 20 heavy (non-hydrogen) atoms. The Morgan fingerprint density at radius 1 is 0.900 bits per heavy atom. The molecule has 0 spiro atoms. The molecule has 6 heteroatoms. The molecule has 0 saturated carbocycles. The number of aryl methyl sites for hydroxylation is 2. The van der Waals surface area contributed by atoms with E-state index in [1.807, 2.05) is 12.1 Å². The van der Waals surface area contributed by atoms with Gasteiger partial charge in [-0.1, -0.05) is 31.9 Å². The van der Waals surface area contributed by atoms with Crippen LogP contribution in [0.5, 0.6) is 0 Å². The van der Waals surface area contributed by atoms with Crippen LogP contribution in [0, 0.1) is 0 Å². The van der Waals surface area contributed by atoms with Crippen molar-refractivity contribution in [2.24, 2.45) is 0 Å². The zero-order chi connectivity index (χ0) is 15.1. The summed E-state index contributed by atoms with van der Waals surface area (Å²) in [5.41, 5.74) is 2.04. The van der Waals surface area contributed by atoms with Crippen molar-refractivity contribution in [2.45, 2.75) is 25.7 Å². The number of benzene rings is 1. The van der Waals surface area contributed by atoms with Gasteiger partial charge in [0.2, 0.25) is 0 Å². The number of carbonyl (C=O) groups excluding carboxylic acids is 2. The van der Waals surface area contributed by atoms with Gasteiger partial charge in [0.1, 0.15) is 0 Å². The van der Waals surface area contributed by atoms with Gasteiger partial charge in [-0.15, -0.1) is 0 Å². The molecule has 0 N–H and O–H groups in total. The lowest BCUT2D eigenvalue weighted by Crippen LogP contribution is -2.04. The Morgan fingerprint density at radius 2 is 1.25 bits per heavy atom. The van der Waals surface area contributed by atoms with Gasteiger partial charge in [-0.2, -0.15) is 0 Å². The first kappa shape index (κ1) is 17.2. The summed E-state index contributed by atoms with van der Waals surface area (Å²) in [7, 11) is 2.76. The molecule has 0 aliphatic heterocycles. The summed E-state index contributed by atoms with van der Waals surface area (Å²) < 4.78 is 11.1. The molecule has 0 aliphatic rings. The summed E-state index contributed by atoms with van der Waals surface area (Å²) in [6.45, 7) is 0. The number of carbonyl (C=O) groups is 2. The van der Waals surface area contributed by atoms with Crippen LogP contribution in [0.4, 0.5) is 0 Å². The van der Waals surface area contributed by atoms with Crippen molar-refractivity contribution in [3.8, 4) is 0 Å². The maximum Gasteiger partial charge on any atom is 0.305 e. The van der Waals surface area contributed by atoms with E-state index >= 15 is 0 Å². The van der Waals surface area contributed by atoms with Gasteiger partial charge in [0.05, 0.1) is 14.2 Å². The molecule has 0 heterocycles. The number of rotatable bonds is 6. The molecule has 0 atom stereocenters. The Balaban J connectivity index is 2.75. The minimum absolute atomic E-state index is 0.234. The van der Waals surface area contributed by atoms with Crippen molar-refractivity contribution in [3.05, 3.63) is 32.2 Å². The third-order valence-corrected chi connectivity index (χ3v) is 4.34. The molecule has 0 saturated heterocycles. The van der Waals surface area contributed by atoms with Gasteiger partial charge in [0, 0.05) is 21.8 Å². The lowest BCUT2D eigenvalue weighted by Gasteiger charge is -2.10. The Labute approximate surface area is 135 Å². The number of methoxy groups -OCH3 is 2. The predicted molar refractivity (Wildman–Crippen MR) is 82.5 cm³/mol. The van der Waals surface area contributed by atoms with E-state index in [0.29, 0.717) is 25.7 Å². The Morgan fingerprint density at radius 3 is 1.55 bits per heavy atom. The molecule has 1 aromatic carbocycles. The summed E-state index contributed by atoms with van der Waals surface area (Å²) in [5, 5.41) is 0. The SMILES string of the molecule is COC(=O)CCc1cc(Br)c(CCC(=O)OC)cc1Br. The van der Waals surface area contributed by atoms with E-state index in [4.69, 9.17) is 0 Å². The van der Waals surface area contributed by atoms with Crippen molar-refractivity contribution in [2.75, 3.05) is 14.2 Å². The van der Waals surface area contributed by atoms with E-state index in [0.717, 1.165) is 20.1 Å². The van der Waals surface area contributed by atoms with Crippen LogP contribution < -0.4 is 0 Å². The third kappa shape index (κ3) is 5.25. The van der Waals surface area contributed by atoms with E-state index in [1.54, 1.807) is 0 Å². The van der Waals surface area contributed by atoms with Crippen LogP contribution in [0.25, 0.3) is 0 Å². The van der Waals surface area contributed by atoms with Gasteiger partial charge in [-0.3, -0.25) is 9.59 Å². The molecule has 110 valence electrons. The van der Waals surface area contributed by atoms with E-state index in [9.17, 15) is 9.59 Å². The van der Waals surface area contributed by atoms with Crippen molar-refractivity contribution in [1.82, 2.24) is 0 Å². The summed E-state index contributed by atoms with van der Waals surface area (Å²) in [4.78, 5) is 22.3. The summed E-state index contributed by atoms with van der Waals surface area (Å²) in [6.07, 6.45) is 1.87. The molecule has 0 aromatic heterocycles. The molecule has 0 amide bonds. The molecule has 0 unspecified atom stereocenters. The van der Waals surface area contributed by atoms with Crippen molar-refractivity contribution < 1.29 is 19.1 Å². The quantitative estimate of drug-likeness (QED) is 0.678. The molecule has 0 radical (unpaired) electrons. The molecule has 1 aromatic rings. The summed E-state index contributed by atoms with van der Waals surface area (Å²) >= 11 is 6.98. The van der Waals surface area contributed by atoms with Gasteiger partial charge >= 0.3 is 11.9 Å². The first-order valence-corrected chi connectivity index (χ1v) is 7.67. The van der Waals surface area contributed by atoms with Gasteiger partial charge in [0.25, 0.3) is 0 Å². The zero-order valence-electron chi connectivity index (χ0n) is 11.4. The lowest BCUT2D eigenvalue weighted by molar-refractivity contribution is -0.141. The molecule has 0 aliphatic carbocycles. The van der Waals surface area contributed by atoms with Crippen LogP contribution in [0.15, 0.2) is 21.1 Å². The van der Waals surface area contributed by atoms with Crippen LogP contribution in [0.2, 0.25) is 0 Å². The zero-order valence-corrected chi connectivity index (χ0v) is 14.5. The molecular formula is C14H16Br2O4. The normalized spacial score (nSPS) is 10.2. The maximum absolute atomic E-state index is 11.2. The molecule has 1 rings (SSSR count). The Kier molecular flexibility index (Phi) is 7.23. The van der Waals surface area contributed by atoms with E-state index in [1.165, 1.54) is 14.2 Å². The molecule has 4 nitrogen and oxygen atoms in total. The third-order valence-electron chi connectivity index (χ3n) is 2.87. The van der Waals surface area contributed by atoms with Crippen LogP contribution >= 0.6 is 31.9 Å². The van der Waals surface area contributed by atoms with Crippen LogP contribution in [0.1, 0.15) is 24.0 Å². The number of ether oxygens (including phenoxy) is 2. The summed E-state index contributed by atoms with van der Waals surface area (Å²) in [5.74, 6) is -0.467. The minimum atomic E-state index is -0.234. The van der Waals surface area contributed by atoms with E-state index in [2.05, 4.69) is 41.3 Å². The molecular weight excluding hydrogens is 392 g/mol. The van der Waals surface area contributed by atoms with Gasteiger partial charge in [-0.05, 0) is 36.1 Å². The fraction of sp³-hybridized carbons (Fsp3) is 0.429. The van der Waals surface area contributed by atoms with E-state index in [-0.39, 0.29) is 11.9 Å². The van der Waals surface area contributed by atoms with Crippen LogP contribution in [-0.4, -0.2) is 26.2 Å². The standard InChI is InChI=1S/C14H16Br2O4/c1-19-13(17)5-3-9-7-12(16)10(8-11(9)15)4-6-14(18)20-2/h7-8H,3-6H2,1-2H3. The number of hydrogen-bond acceptors (Lipinski definition) is 4. The molecule has 0 bridgehead atoms. The number of esters is 2. The van der Waals surface area contributed by atoms with E-state index < -0.39 is 0 Å². The second-order valence-electron chi connectivity index (χ2n) is 4.19. The Hall–Kier alpha value is -0.880. The highest BCUT2D eigenvalue weighted by atomic mass is 79.9. The number of hydrogen-bond donors (Lipinski definition) is 0. The monoisotopic (exact) mass is 406 g/mol. The van der Waals surface area contributed by atoms with Gasteiger partial charge < -0.3 is 9.47 Å². The highest BCUT2D eigenvalue weighted by Gasteiger charge is 2.10. The minimum Gasteiger partial charge on any atom is -0.469 e. The fourth-order valence-electron chi connectivity index (χ4n) is 1.69. The predicted octanol–water partition coefficient (Wildman–Crippen LogP) is 3.42. The van der Waals surface area contributed by atoms with Crippen molar-refractivity contribution >= 4 is 43.8 Å². The summed E-state index contributed by atoms with van der Waals surface area (Å²) in [6, 6.07) is 3.92. The van der Waals surface area contributed by atoms with Crippen LogP contribution in [-0.2, 0) is 31.9 Å². The van der Waals surface area contributed by atoms with Crippen molar-refractivity contribution in [1.29, 1.82) is 0 Å². The fourth-order valence-corrected chi connectivity index (χ4v) is 2.87. The first-order chi connectivity index (χ1) is 9.47. The largest absolute Gasteiger partial charge is 0.469 e. The smallest absolute Gasteiger partial charge is 0.305 e. The lowest BCUT2D eigenvalue weighted by atomic mass is 10.0. The average Bonchev–Trinajstić information content (AvgIpc) is 2.45.